The van der Waals surface area contributed by atoms with Crippen LogP contribution in [0.3, 0.4) is 0 Å². The molecule has 4 heterocycles. The highest BCUT2D eigenvalue weighted by molar-refractivity contribution is 6.26. The fraction of sp³-hybridized carbons (Fsp3) is 0.400. The zero-order valence-electron chi connectivity index (χ0n) is 16.4. The van der Waals surface area contributed by atoms with Crippen molar-refractivity contribution in [3.05, 3.63) is 41.2 Å². The summed E-state index contributed by atoms with van der Waals surface area (Å²) in [6, 6.07) is 4.92. The van der Waals surface area contributed by atoms with Crippen molar-refractivity contribution in [2.75, 3.05) is 0 Å². The number of carbonyl (C=O) groups excluding carboxylic acids is 4. The molecule has 1 saturated carbocycles. The third kappa shape index (κ3) is 2.42. The molecule has 2 aromatic rings. The van der Waals surface area contributed by atoms with E-state index in [-0.39, 0.29) is 54.2 Å². The summed E-state index contributed by atoms with van der Waals surface area (Å²) in [5, 5.41) is 10.3. The van der Waals surface area contributed by atoms with Gasteiger partial charge in [-0.3, -0.25) is 29.4 Å². The maximum atomic E-state index is 13.2. The normalized spacial score (nSPS) is 24.8. The van der Waals surface area contributed by atoms with Crippen LogP contribution < -0.4 is 10.1 Å². The summed E-state index contributed by atoms with van der Waals surface area (Å²) in [6.07, 6.45) is 2.08. The molecule has 30 heavy (non-hydrogen) atoms. The molecule has 1 N–H and O–H groups in total. The predicted octanol–water partition coefficient (Wildman–Crippen LogP) is 0.839. The van der Waals surface area contributed by atoms with Crippen LogP contribution in [-0.4, -0.2) is 49.1 Å². The molecule has 4 aliphatic rings. The van der Waals surface area contributed by atoms with Crippen molar-refractivity contribution >= 4 is 23.6 Å². The third-order valence-electron chi connectivity index (χ3n) is 5.97. The number of amides is 4. The number of hydrogen-bond acceptors (Lipinski definition) is 7. The minimum Gasteiger partial charge on any atom is -0.486 e. The molecule has 0 radical (unpaired) electrons. The number of ether oxygens (including phenoxy) is 1. The molecular formula is C20H19N5O5. The molecule has 2 bridgehead atoms. The average Bonchev–Trinajstić information content (AvgIpc) is 3.24. The fourth-order valence-corrected chi connectivity index (χ4v) is 4.29. The Hall–Kier alpha value is -3.56. The van der Waals surface area contributed by atoms with Crippen LogP contribution in [0.4, 0.5) is 0 Å². The van der Waals surface area contributed by atoms with E-state index in [1.807, 2.05) is 13.8 Å². The Bertz CT molecular complexity index is 1110. The molecule has 0 spiro atoms. The largest absolute Gasteiger partial charge is 0.486 e. The van der Waals surface area contributed by atoms with E-state index in [4.69, 9.17) is 4.74 Å². The Morgan fingerprint density at radius 3 is 2.63 bits per heavy atom. The second-order valence-electron chi connectivity index (χ2n) is 8.15. The lowest BCUT2D eigenvalue weighted by molar-refractivity contribution is -0.158. The van der Waals surface area contributed by atoms with Gasteiger partial charge in [-0.2, -0.15) is 0 Å². The Labute approximate surface area is 171 Å². The fourth-order valence-electron chi connectivity index (χ4n) is 4.29. The van der Waals surface area contributed by atoms with Crippen molar-refractivity contribution in [2.24, 2.45) is 5.92 Å². The first-order chi connectivity index (χ1) is 14.3. The topological polar surface area (TPSA) is 123 Å². The van der Waals surface area contributed by atoms with Gasteiger partial charge in [0.05, 0.1) is 17.3 Å². The number of piperidine rings is 2. The van der Waals surface area contributed by atoms with Gasteiger partial charge in [0.1, 0.15) is 23.6 Å². The van der Waals surface area contributed by atoms with E-state index in [2.05, 4.69) is 15.6 Å². The van der Waals surface area contributed by atoms with E-state index < -0.39 is 23.3 Å². The minimum absolute atomic E-state index is 0.0762. The summed E-state index contributed by atoms with van der Waals surface area (Å²) in [5.41, 5.74) is -0.407. The van der Waals surface area contributed by atoms with Crippen LogP contribution in [-0.2, 0) is 16.2 Å². The molecule has 0 atom stereocenters. The number of nitrogens with one attached hydrogen (secondary N) is 1. The Kier molecular flexibility index (Phi) is 3.83. The van der Waals surface area contributed by atoms with Gasteiger partial charge in [-0.25, -0.2) is 4.68 Å². The number of benzene rings is 1. The van der Waals surface area contributed by atoms with E-state index in [1.165, 1.54) is 6.07 Å². The zero-order chi connectivity index (χ0) is 21.2. The Balaban J connectivity index is 1.42. The lowest BCUT2D eigenvalue weighted by Gasteiger charge is -2.52. The zero-order valence-corrected chi connectivity index (χ0v) is 16.4. The van der Waals surface area contributed by atoms with Gasteiger partial charge in [0.15, 0.2) is 0 Å². The molecule has 3 fully saturated rings. The molecule has 154 valence electrons. The average molecular weight is 409 g/mol. The summed E-state index contributed by atoms with van der Waals surface area (Å²) in [6.45, 7) is 4.02. The van der Waals surface area contributed by atoms with Crippen molar-refractivity contribution in [1.82, 2.24) is 25.2 Å². The van der Waals surface area contributed by atoms with Gasteiger partial charge in [0.25, 0.3) is 17.7 Å². The van der Waals surface area contributed by atoms with Crippen LogP contribution in [0, 0.1) is 5.92 Å². The van der Waals surface area contributed by atoms with E-state index in [0.717, 1.165) is 4.90 Å². The van der Waals surface area contributed by atoms with Gasteiger partial charge in [-0.1, -0.05) is 11.3 Å². The molecule has 1 aromatic carbocycles. The maximum Gasteiger partial charge on any atom is 0.266 e. The summed E-state index contributed by atoms with van der Waals surface area (Å²) in [5.74, 6) is -2.19. The van der Waals surface area contributed by atoms with Gasteiger partial charge in [-0.05, 0) is 38.8 Å². The maximum absolute atomic E-state index is 13.2. The summed E-state index contributed by atoms with van der Waals surface area (Å²) in [4.78, 5) is 51.5. The van der Waals surface area contributed by atoms with Crippen LogP contribution >= 0.6 is 0 Å². The molecule has 2 saturated heterocycles. The second kappa shape index (κ2) is 6.22. The van der Waals surface area contributed by atoms with Crippen molar-refractivity contribution in [3.8, 4) is 5.75 Å². The molecule has 6 rings (SSSR count). The highest BCUT2D eigenvalue weighted by Gasteiger charge is 2.65. The molecular weight excluding hydrogens is 390 g/mol. The standard InChI is InChI=1S/C20H19N5O5/c1-10(2)24-8-12(22-23-24)9-30-14-5-3-4-13-15(14)18(28)25(17(13)27)20-6-11(7-20)16(26)21-19(20)29/h3-5,8,10-11H,6-7,9H2,1-2H3,(H,21,26,29). The SMILES string of the molecule is CC(C)n1cc(COc2cccc3c2C(=O)N(C24CC(C2)C(=O)NC4=O)C3=O)nn1. The number of hydrogen-bond donors (Lipinski definition) is 1. The number of aromatic nitrogens is 3. The summed E-state index contributed by atoms with van der Waals surface area (Å²) < 4.78 is 7.50. The van der Waals surface area contributed by atoms with Crippen LogP contribution in [0.15, 0.2) is 24.4 Å². The predicted molar refractivity (Wildman–Crippen MR) is 100 cm³/mol. The molecule has 0 unspecified atom stereocenters. The van der Waals surface area contributed by atoms with Crippen molar-refractivity contribution in [1.29, 1.82) is 0 Å². The lowest BCUT2D eigenvalue weighted by atomic mass is 9.63. The third-order valence-corrected chi connectivity index (χ3v) is 5.97. The van der Waals surface area contributed by atoms with Gasteiger partial charge in [0, 0.05) is 12.0 Å². The lowest BCUT2D eigenvalue weighted by Crippen LogP contribution is -2.74. The highest BCUT2D eigenvalue weighted by Crippen LogP contribution is 2.49. The van der Waals surface area contributed by atoms with E-state index in [1.54, 1.807) is 23.0 Å². The monoisotopic (exact) mass is 409 g/mol. The smallest absolute Gasteiger partial charge is 0.266 e. The Morgan fingerprint density at radius 2 is 1.97 bits per heavy atom. The molecule has 1 aliphatic carbocycles. The van der Waals surface area contributed by atoms with Crippen LogP contribution in [0.1, 0.15) is 59.1 Å². The molecule has 10 nitrogen and oxygen atoms in total. The minimum atomic E-state index is -1.30. The van der Waals surface area contributed by atoms with Crippen molar-refractivity contribution in [2.45, 2.75) is 44.9 Å². The van der Waals surface area contributed by atoms with Gasteiger partial charge in [0.2, 0.25) is 5.91 Å². The van der Waals surface area contributed by atoms with Gasteiger partial charge >= 0.3 is 0 Å². The van der Waals surface area contributed by atoms with Gasteiger partial charge in [-0.15, -0.1) is 5.10 Å². The quantitative estimate of drug-likeness (QED) is 0.726. The molecule has 10 heteroatoms. The molecule has 3 aliphatic heterocycles. The molecule has 1 aromatic heterocycles. The first-order valence-corrected chi connectivity index (χ1v) is 9.72. The van der Waals surface area contributed by atoms with Crippen LogP contribution in [0.5, 0.6) is 5.75 Å². The van der Waals surface area contributed by atoms with Crippen molar-refractivity contribution in [3.63, 3.8) is 0 Å². The first-order valence-electron chi connectivity index (χ1n) is 9.72. The van der Waals surface area contributed by atoms with E-state index in [9.17, 15) is 19.2 Å². The van der Waals surface area contributed by atoms with Gasteiger partial charge < -0.3 is 4.74 Å². The summed E-state index contributed by atoms with van der Waals surface area (Å²) >= 11 is 0. The van der Waals surface area contributed by atoms with Crippen molar-refractivity contribution < 1.29 is 23.9 Å². The number of nitrogens with zero attached hydrogens (tertiary/aromatic N) is 4. The molecule has 4 amide bonds. The number of imide groups is 2. The first kappa shape index (κ1) is 18.5. The second-order valence-corrected chi connectivity index (χ2v) is 8.15. The Morgan fingerprint density at radius 1 is 1.20 bits per heavy atom. The highest BCUT2D eigenvalue weighted by atomic mass is 16.5. The van der Waals surface area contributed by atoms with E-state index in [0.29, 0.717) is 5.69 Å². The number of rotatable bonds is 5. The van der Waals surface area contributed by atoms with E-state index >= 15 is 0 Å². The number of carbonyl (C=O) groups is 4. The van der Waals surface area contributed by atoms with Crippen LogP contribution in [0.25, 0.3) is 0 Å². The number of fused-ring (bicyclic) bond motifs is 3. The summed E-state index contributed by atoms with van der Waals surface area (Å²) in [7, 11) is 0. The van der Waals surface area contributed by atoms with Crippen LogP contribution in [0.2, 0.25) is 0 Å².